The molecule has 0 saturated carbocycles. The van der Waals surface area contributed by atoms with Gasteiger partial charge in [0.1, 0.15) is 0 Å². The quantitative estimate of drug-likeness (QED) is 0.670. The molecule has 0 aliphatic carbocycles. The second kappa shape index (κ2) is 7.70. The van der Waals surface area contributed by atoms with Crippen LogP contribution in [0, 0.1) is 0 Å². The van der Waals surface area contributed by atoms with Crippen LogP contribution in [0.5, 0.6) is 0 Å². The summed E-state index contributed by atoms with van der Waals surface area (Å²) in [5, 5.41) is 3.73. The van der Waals surface area contributed by atoms with Gasteiger partial charge in [-0.25, -0.2) is 8.42 Å². The van der Waals surface area contributed by atoms with E-state index < -0.39 is 10.0 Å². The van der Waals surface area contributed by atoms with Gasteiger partial charge < -0.3 is 5.32 Å². The fourth-order valence-electron chi connectivity index (χ4n) is 2.84. The number of hydrogen-bond acceptors (Lipinski definition) is 4. The fourth-order valence-corrected chi connectivity index (χ4v) is 5.27. The topological polar surface area (TPSA) is 66.5 Å². The Kier molecular flexibility index (Phi) is 5.53. The molecular weight excluding hydrogens is 380 g/mol. The van der Waals surface area contributed by atoms with Crippen LogP contribution in [0.1, 0.15) is 30.4 Å². The Hall–Kier alpha value is -2.38. The van der Waals surface area contributed by atoms with Gasteiger partial charge in [-0.05, 0) is 62.6 Å². The second-order valence-corrected chi connectivity index (χ2v) is 9.39. The third-order valence-corrected chi connectivity index (χ3v) is 7.08. The van der Waals surface area contributed by atoms with Crippen LogP contribution in [0.25, 0.3) is 10.1 Å². The van der Waals surface area contributed by atoms with Crippen molar-refractivity contribution in [2.45, 2.75) is 31.7 Å². The molecule has 0 unspecified atom stereocenters. The molecule has 7 heteroatoms. The highest BCUT2D eigenvalue weighted by molar-refractivity contribution is 7.92. The summed E-state index contributed by atoms with van der Waals surface area (Å²) in [6.07, 6.45) is 0. The smallest absolute Gasteiger partial charge is 0.264 e. The summed E-state index contributed by atoms with van der Waals surface area (Å²) < 4.78 is 28.3. The lowest BCUT2D eigenvalue weighted by Gasteiger charge is -2.23. The van der Waals surface area contributed by atoms with Crippen molar-refractivity contribution in [2.24, 2.45) is 0 Å². The molecule has 3 aromatic rings. The van der Waals surface area contributed by atoms with Gasteiger partial charge in [-0.1, -0.05) is 18.2 Å². The Morgan fingerprint density at radius 1 is 1.11 bits per heavy atom. The zero-order chi connectivity index (χ0) is 19.6. The number of carbonyl (C=O) groups is 1. The van der Waals surface area contributed by atoms with Crippen LogP contribution >= 0.6 is 11.3 Å². The van der Waals surface area contributed by atoms with E-state index in [0.29, 0.717) is 17.1 Å². The molecule has 1 heterocycles. The molecule has 5 nitrogen and oxygen atoms in total. The maximum Gasteiger partial charge on any atom is 0.264 e. The Balaban J connectivity index is 1.99. The highest BCUT2D eigenvalue weighted by Gasteiger charge is 2.23. The first kappa shape index (κ1) is 19.4. The van der Waals surface area contributed by atoms with Crippen LogP contribution in [-0.2, 0) is 10.0 Å². The molecule has 1 N–H and O–H groups in total. The molecule has 0 spiro atoms. The van der Waals surface area contributed by atoms with E-state index in [1.165, 1.54) is 15.6 Å². The maximum atomic E-state index is 13.0. The van der Waals surface area contributed by atoms with E-state index in [-0.39, 0.29) is 16.8 Å². The van der Waals surface area contributed by atoms with Gasteiger partial charge in [0.2, 0.25) is 0 Å². The molecule has 142 valence electrons. The van der Waals surface area contributed by atoms with Crippen molar-refractivity contribution in [2.75, 3.05) is 10.8 Å². The zero-order valence-electron chi connectivity index (χ0n) is 15.5. The highest BCUT2D eigenvalue weighted by atomic mass is 32.2. The summed E-state index contributed by atoms with van der Waals surface area (Å²) >= 11 is 1.40. The Morgan fingerprint density at radius 2 is 1.81 bits per heavy atom. The molecule has 0 aliphatic rings. The first-order chi connectivity index (χ1) is 12.8. The number of sulfonamides is 1. The number of carbonyl (C=O) groups excluding carboxylic acids is 1. The summed E-state index contributed by atoms with van der Waals surface area (Å²) in [5.41, 5.74) is 0.586. The minimum atomic E-state index is -3.64. The van der Waals surface area contributed by atoms with Gasteiger partial charge in [0.25, 0.3) is 15.9 Å². The Labute approximate surface area is 163 Å². The minimum Gasteiger partial charge on any atom is -0.349 e. The number of hydrogen-bond donors (Lipinski definition) is 1. The van der Waals surface area contributed by atoms with Crippen molar-refractivity contribution >= 4 is 43.0 Å². The number of fused-ring (bicyclic) bond motifs is 1. The third kappa shape index (κ3) is 3.99. The van der Waals surface area contributed by atoms with Gasteiger partial charge >= 0.3 is 0 Å². The minimum absolute atomic E-state index is 0.0601. The second-order valence-electron chi connectivity index (χ2n) is 6.44. The Bertz CT molecular complexity index is 1060. The van der Waals surface area contributed by atoms with Crippen LogP contribution in [-0.4, -0.2) is 26.9 Å². The lowest BCUT2D eigenvalue weighted by molar-refractivity contribution is 0.0947. The van der Waals surface area contributed by atoms with Crippen LogP contribution in [0.4, 0.5) is 5.69 Å². The molecule has 0 atom stereocenters. The summed E-state index contributed by atoms with van der Waals surface area (Å²) in [5.74, 6) is -0.114. The molecule has 0 fully saturated rings. The molecule has 0 bridgehead atoms. The number of rotatable bonds is 6. The van der Waals surface area contributed by atoms with E-state index >= 15 is 0 Å². The number of amides is 1. The van der Waals surface area contributed by atoms with E-state index in [2.05, 4.69) is 5.32 Å². The van der Waals surface area contributed by atoms with Crippen molar-refractivity contribution in [3.63, 3.8) is 0 Å². The standard InChI is InChI=1S/C20H22N2O3S2/c1-4-22(27(24,25)17-8-6-5-7-9-17)16-10-11-18-15(12-16)13-19(26-18)20(23)21-14(2)3/h5-14H,4H2,1-3H3,(H,21,23). The average Bonchev–Trinajstić information content (AvgIpc) is 3.06. The van der Waals surface area contributed by atoms with E-state index in [1.54, 1.807) is 43.3 Å². The molecule has 1 amide bonds. The van der Waals surface area contributed by atoms with Crippen molar-refractivity contribution in [3.8, 4) is 0 Å². The molecule has 1 aromatic heterocycles. The van der Waals surface area contributed by atoms with Gasteiger partial charge in [0, 0.05) is 17.3 Å². The average molecular weight is 403 g/mol. The molecule has 0 saturated heterocycles. The van der Waals surface area contributed by atoms with E-state index in [1.807, 2.05) is 32.0 Å². The maximum absolute atomic E-state index is 13.0. The van der Waals surface area contributed by atoms with Crippen molar-refractivity contribution < 1.29 is 13.2 Å². The van der Waals surface area contributed by atoms with Gasteiger partial charge in [-0.3, -0.25) is 9.10 Å². The van der Waals surface area contributed by atoms with E-state index in [0.717, 1.165) is 10.1 Å². The predicted octanol–water partition coefficient (Wildman–Crippen LogP) is 4.25. The lowest BCUT2D eigenvalue weighted by Crippen LogP contribution is -2.30. The van der Waals surface area contributed by atoms with E-state index in [9.17, 15) is 13.2 Å². The van der Waals surface area contributed by atoms with Crippen LogP contribution in [0.15, 0.2) is 59.5 Å². The van der Waals surface area contributed by atoms with Gasteiger partial charge in [0.05, 0.1) is 15.5 Å². The number of nitrogens with zero attached hydrogens (tertiary/aromatic N) is 1. The summed E-state index contributed by atoms with van der Waals surface area (Å²) in [4.78, 5) is 13.1. The van der Waals surface area contributed by atoms with Gasteiger partial charge in [-0.15, -0.1) is 11.3 Å². The monoisotopic (exact) mass is 402 g/mol. The molecule has 0 radical (unpaired) electrons. The number of nitrogens with one attached hydrogen (secondary N) is 1. The van der Waals surface area contributed by atoms with Crippen molar-refractivity contribution in [1.29, 1.82) is 0 Å². The van der Waals surface area contributed by atoms with Gasteiger partial charge in [-0.2, -0.15) is 0 Å². The summed E-state index contributed by atoms with van der Waals surface area (Å²) in [7, 11) is -3.64. The molecule has 2 aromatic carbocycles. The molecule has 0 aliphatic heterocycles. The SMILES string of the molecule is CCN(c1ccc2sc(C(=O)NC(C)C)cc2c1)S(=O)(=O)c1ccccc1. The Morgan fingerprint density at radius 3 is 2.44 bits per heavy atom. The largest absolute Gasteiger partial charge is 0.349 e. The lowest BCUT2D eigenvalue weighted by atomic mass is 10.2. The van der Waals surface area contributed by atoms with Crippen molar-refractivity contribution in [1.82, 2.24) is 5.32 Å². The van der Waals surface area contributed by atoms with E-state index in [4.69, 9.17) is 0 Å². The van der Waals surface area contributed by atoms with Crippen LogP contribution in [0.3, 0.4) is 0 Å². The van der Waals surface area contributed by atoms with Gasteiger partial charge in [0.15, 0.2) is 0 Å². The molecule has 3 rings (SSSR count). The first-order valence-electron chi connectivity index (χ1n) is 8.75. The molecule has 27 heavy (non-hydrogen) atoms. The number of anilines is 1. The normalized spacial score (nSPS) is 11.7. The number of thiophene rings is 1. The third-order valence-electron chi connectivity index (χ3n) is 4.05. The van der Waals surface area contributed by atoms with Crippen LogP contribution in [0.2, 0.25) is 0 Å². The zero-order valence-corrected chi connectivity index (χ0v) is 17.1. The summed E-state index contributed by atoms with van der Waals surface area (Å²) in [6.45, 7) is 5.95. The predicted molar refractivity (Wildman–Crippen MR) is 111 cm³/mol. The van der Waals surface area contributed by atoms with Crippen LogP contribution < -0.4 is 9.62 Å². The fraction of sp³-hybridized carbons (Fsp3) is 0.250. The van der Waals surface area contributed by atoms with Crippen molar-refractivity contribution in [3.05, 3.63) is 59.5 Å². The molecular formula is C20H22N2O3S2. The number of benzene rings is 2. The highest BCUT2D eigenvalue weighted by Crippen LogP contribution is 2.31. The first-order valence-corrected chi connectivity index (χ1v) is 11.0. The summed E-state index contributed by atoms with van der Waals surface area (Å²) in [6, 6.07) is 15.7.